The van der Waals surface area contributed by atoms with E-state index in [4.69, 9.17) is 5.73 Å². The molecule has 1 aromatic rings. The number of hydrogen-bond donors (Lipinski definition) is 2. The largest absolute Gasteiger partial charge is 0.329 e. The summed E-state index contributed by atoms with van der Waals surface area (Å²) in [6.07, 6.45) is 3.48. The summed E-state index contributed by atoms with van der Waals surface area (Å²) in [5.41, 5.74) is 10.2. The molecule has 0 aromatic heterocycles. The van der Waals surface area contributed by atoms with Crippen molar-refractivity contribution in [1.82, 2.24) is 4.90 Å². The lowest BCUT2D eigenvalue weighted by atomic mass is 10.0. The monoisotopic (exact) mass is 325 g/mol. The molecule has 5 heteroatoms. The molecule has 1 aliphatic rings. The van der Waals surface area contributed by atoms with Crippen molar-refractivity contribution in [2.45, 2.75) is 46.1 Å². The van der Waals surface area contributed by atoms with Crippen LogP contribution in [-0.2, 0) is 4.79 Å². The van der Waals surface area contributed by atoms with Crippen LogP contribution >= 0.6 is 12.4 Å². The molecule has 1 aromatic carbocycles. The van der Waals surface area contributed by atoms with Crippen LogP contribution < -0.4 is 11.1 Å². The Bertz CT molecular complexity index is 496. The lowest BCUT2D eigenvalue weighted by Gasteiger charge is -2.34. The van der Waals surface area contributed by atoms with E-state index < -0.39 is 0 Å². The quantitative estimate of drug-likeness (QED) is 0.895. The second-order valence-electron chi connectivity index (χ2n) is 6.18. The second kappa shape index (κ2) is 8.51. The van der Waals surface area contributed by atoms with Crippen LogP contribution in [0.25, 0.3) is 0 Å². The first-order valence-electron chi connectivity index (χ1n) is 7.83. The van der Waals surface area contributed by atoms with Crippen molar-refractivity contribution < 1.29 is 4.79 Å². The number of aryl methyl sites for hydroxylation is 3. The van der Waals surface area contributed by atoms with Crippen LogP contribution in [0.1, 0.15) is 36.0 Å². The van der Waals surface area contributed by atoms with E-state index in [1.165, 1.54) is 12.0 Å². The number of likely N-dealkylation sites (tertiary alicyclic amines) is 1. The van der Waals surface area contributed by atoms with Gasteiger partial charge in [-0.15, -0.1) is 12.4 Å². The van der Waals surface area contributed by atoms with Gasteiger partial charge in [-0.25, -0.2) is 0 Å². The summed E-state index contributed by atoms with van der Waals surface area (Å²) in [4.78, 5) is 14.6. The number of amides is 1. The van der Waals surface area contributed by atoms with Crippen molar-refractivity contribution in [2.75, 3.05) is 25.0 Å². The Morgan fingerprint density at radius 2 is 1.91 bits per heavy atom. The van der Waals surface area contributed by atoms with Gasteiger partial charge >= 0.3 is 0 Å². The first-order chi connectivity index (χ1) is 10.0. The average Bonchev–Trinajstić information content (AvgIpc) is 2.43. The highest BCUT2D eigenvalue weighted by Gasteiger charge is 2.23. The van der Waals surface area contributed by atoms with Gasteiger partial charge in [0.05, 0.1) is 6.54 Å². The molecule has 1 fully saturated rings. The Morgan fingerprint density at radius 1 is 1.27 bits per heavy atom. The third-order valence-corrected chi connectivity index (χ3v) is 4.31. The molecule has 2 rings (SSSR count). The van der Waals surface area contributed by atoms with Gasteiger partial charge in [-0.2, -0.15) is 0 Å². The molecular formula is C17H28ClN3O. The number of carbonyl (C=O) groups is 1. The van der Waals surface area contributed by atoms with E-state index in [1.807, 2.05) is 13.8 Å². The highest BCUT2D eigenvalue weighted by Crippen LogP contribution is 2.22. The maximum absolute atomic E-state index is 12.3. The summed E-state index contributed by atoms with van der Waals surface area (Å²) in [6.45, 7) is 8.20. The van der Waals surface area contributed by atoms with Gasteiger partial charge in [0, 0.05) is 18.3 Å². The molecule has 1 heterocycles. The summed E-state index contributed by atoms with van der Waals surface area (Å²) >= 11 is 0. The second-order valence-corrected chi connectivity index (χ2v) is 6.18. The molecule has 0 radical (unpaired) electrons. The maximum Gasteiger partial charge on any atom is 0.238 e. The molecule has 0 bridgehead atoms. The van der Waals surface area contributed by atoms with Crippen LogP contribution in [-0.4, -0.2) is 36.5 Å². The molecule has 0 aliphatic carbocycles. The molecule has 1 amide bonds. The van der Waals surface area contributed by atoms with Gasteiger partial charge < -0.3 is 11.1 Å². The lowest BCUT2D eigenvalue weighted by Crippen LogP contribution is -2.47. The number of nitrogens with two attached hydrogens (primary N) is 1. The SMILES string of the molecule is Cc1cc(C)c(NC(=O)CN2CCCCC2CN)c(C)c1.Cl. The van der Waals surface area contributed by atoms with Gasteiger partial charge in [-0.3, -0.25) is 9.69 Å². The molecule has 22 heavy (non-hydrogen) atoms. The lowest BCUT2D eigenvalue weighted by molar-refractivity contribution is -0.118. The Morgan fingerprint density at radius 3 is 2.50 bits per heavy atom. The summed E-state index contributed by atoms with van der Waals surface area (Å²) in [7, 11) is 0. The van der Waals surface area contributed by atoms with Crippen molar-refractivity contribution in [2.24, 2.45) is 5.73 Å². The summed E-state index contributed by atoms with van der Waals surface area (Å²) in [5, 5.41) is 3.08. The van der Waals surface area contributed by atoms with E-state index >= 15 is 0 Å². The molecule has 0 spiro atoms. The molecular weight excluding hydrogens is 298 g/mol. The van der Waals surface area contributed by atoms with E-state index in [-0.39, 0.29) is 18.3 Å². The standard InChI is InChI=1S/C17H27N3O.ClH/c1-12-8-13(2)17(14(3)9-12)19-16(21)11-20-7-5-4-6-15(20)10-18;/h8-9,15H,4-7,10-11,18H2,1-3H3,(H,19,21);1H. The number of rotatable bonds is 4. The van der Waals surface area contributed by atoms with Crippen molar-refractivity contribution in [3.63, 3.8) is 0 Å². The summed E-state index contributed by atoms with van der Waals surface area (Å²) in [6, 6.07) is 4.56. The van der Waals surface area contributed by atoms with Crippen LogP contribution in [0, 0.1) is 20.8 Å². The van der Waals surface area contributed by atoms with Gasteiger partial charge in [0.15, 0.2) is 0 Å². The zero-order chi connectivity index (χ0) is 15.4. The highest BCUT2D eigenvalue weighted by molar-refractivity contribution is 5.93. The van der Waals surface area contributed by atoms with Gasteiger partial charge in [0.2, 0.25) is 5.91 Å². The zero-order valence-electron chi connectivity index (χ0n) is 13.8. The van der Waals surface area contributed by atoms with E-state index in [1.54, 1.807) is 0 Å². The maximum atomic E-state index is 12.3. The number of nitrogens with zero attached hydrogens (tertiary/aromatic N) is 1. The molecule has 0 saturated carbocycles. The molecule has 1 unspecified atom stereocenters. The molecule has 1 saturated heterocycles. The average molecular weight is 326 g/mol. The first-order valence-corrected chi connectivity index (χ1v) is 7.83. The van der Waals surface area contributed by atoms with Crippen LogP contribution in [0.4, 0.5) is 5.69 Å². The minimum atomic E-state index is 0. The Balaban J connectivity index is 0.00000242. The number of halogens is 1. The Labute approximate surface area is 139 Å². The van der Waals surface area contributed by atoms with E-state index in [2.05, 4.69) is 29.3 Å². The van der Waals surface area contributed by atoms with Gasteiger partial charge in [-0.1, -0.05) is 24.1 Å². The van der Waals surface area contributed by atoms with Gasteiger partial charge in [0.1, 0.15) is 0 Å². The number of hydrogen-bond acceptors (Lipinski definition) is 3. The fourth-order valence-corrected chi connectivity index (χ4v) is 3.28. The van der Waals surface area contributed by atoms with Crippen molar-refractivity contribution >= 4 is 24.0 Å². The van der Waals surface area contributed by atoms with Crippen molar-refractivity contribution in [3.05, 3.63) is 28.8 Å². The number of nitrogens with one attached hydrogen (secondary N) is 1. The molecule has 124 valence electrons. The number of carbonyl (C=O) groups excluding carboxylic acids is 1. The van der Waals surface area contributed by atoms with Crippen LogP contribution in [0.2, 0.25) is 0 Å². The summed E-state index contributed by atoms with van der Waals surface area (Å²) < 4.78 is 0. The third kappa shape index (κ3) is 4.70. The fraction of sp³-hybridized carbons (Fsp3) is 0.588. The molecule has 1 aliphatic heterocycles. The number of piperidine rings is 1. The predicted octanol–water partition coefficient (Wildman–Crippen LogP) is 2.79. The minimum Gasteiger partial charge on any atom is -0.329 e. The third-order valence-electron chi connectivity index (χ3n) is 4.31. The van der Waals surface area contributed by atoms with Crippen LogP contribution in [0.15, 0.2) is 12.1 Å². The Kier molecular flexibility index (Phi) is 7.33. The topological polar surface area (TPSA) is 58.4 Å². The highest BCUT2D eigenvalue weighted by atomic mass is 35.5. The first kappa shape index (κ1) is 18.9. The fourth-order valence-electron chi connectivity index (χ4n) is 3.28. The molecule has 4 nitrogen and oxygen atoms in total. The van der Waals surface area contributed by atoms with Crippen molar-refractivity contribution in [1.29, 1.82) is 0 Å². The normalized spacial score (nSPS) is 18.6. The smallest absolute Gasteiger partial charge is 0.238 e. The number of anilines is 1. The predicted molar refractivity (Wildman–Crippen MR) is 94.8 cm³/mol. The molecule has 1 atom stereocenters. The van der Waals surface area contributed by atoms with Crippen LogP contribution in [0.5, 0.6) is 0 Å². The van der Waals surface area contributed by atoms with Gasteiger partial charge in [-0.05, 0) is 51.3 Å². The zero-order valence-corrected chi connectivity index (χ0v) is 14.6. The van der Waals surface area contributed by atoms with E-state index in [9.17, 15) is 4.79 Å². The Hall–Kier alpha value is -1.10. The van der Waals surface area contributed by atoms with Gasteiger partial charge in [0.25, 0.3) is 0 Å². The molecule has 3 N–H and O–H groups in total. The van der Waals surface area contributed by atoms with E-state index in [0.29, 0.717) is 19.1 Å². The van der Waals surface area contributed by atoms with Crippen molar-refractivity contribution in [3.8, 4) is 0 Å². The summed E-state index contributed by atoms with van der Waals surface area (Å²) in [5.74, 6) is 0.0606. The van der Waals surface area contributed by atoms with E-state index in [0.717, 1.165) is 36.2 Å². The number of benzene rings is 1. The minimum absolute atomic E-state index is 0. The van der Waals surface area contributed by atoms with Crippen LogP contribution in [0.3, 0.4) is 0 Å².